The normalized spacial score (nSPS) is 10.1. The van der Waals surface area contributed by atoms with Crippen LogP contribution in [0.5, 0.6) is 0 Å². The molecule has 0 fully saturated rings. The van der Waals surface area contributed by atoms with Crippen molar-refractivity contribution in [2.75, 3.05) is 6.61 Å². The monoisotopic (exact) mass is 285 g/mol. The van der Waals surface area contributed by atoms with Gasteiger partial charge in [0.2, 0.25) is 0 Å². The number of pyridine rings is 1. The molecule has 0 spiro atoms. The van der Waals surface area contributed by atoms with Crippen LogP contribution in [0, 0.1) is 0 Å². The van der Waals surface area contributed by atoms with Crippen molar-refractivity contribution in [3.05, 3.63) is 65.5 Å². The predicted octanol–water partition coefficient (Wildman–Crippen LogP) is 1.30. The van der Waals surface area contributed by atoms with Gasteiger partial charge >= 0.3 is 11.9 Å². The van der Waals surface area contributed by atoms with E-state index in [0.717, 1.165) is 5.56 Å². The highest BCUT2D eigenvalue weighted by Crippen LogP contribution is 2.04. The zero-order valence-electron chi connectivity index (χ0n) is 11.8. The van der Waals surface area contributed by atoms with E-state index < -0.39 is 11.9 Å². The summed E-state index contributed by atoms with van der Waals surface area (Å²) in [6.45, 7) is 2.50. The van der Waals surface area contributed by atoms with Gasteiger partial charge in [0.1, 0.15) is 5.56 Å². The number of rotatable bonds is 5. The maximum atomic E-state index is 11.8. The molecule has 2 rings (SSSR count). The van der Waals surface area contributed by atoms with Gasteiger partial charge in [0.25, 0.3) is 5.69 Å². The summed E-state index contributed by atoms with van der Waals surface area (Å²) in [5.41, 5.74) is 7.11. The van der Waals surface area contributed by atoms with Gasteiger partial charge in [-0.05, 0) is 13.0 Å². The summed E-state index contributed by atoms with van der Waals surface area (Å²) in [7, 11) is 0. The van der Waals surface area contributed by atoms with Gasteiger partial charge in [0.05, 0.1) is 6.61 Å². The Balaban J connectivity index is 2.37. The van der Waals surface area contributed by atoms with Crippen LogP contribution in [0.4, 0.5) is 0 Å². The Bertz CT molecular complexity index is 654. The third-order valence-corrected chi connectivity index (χ3v) is 2.98. The molecule has 0 saturated heterocycles. The highest BCUT2D eigenvalue weighted by atomic mass is 16.5. The number of hydrogen-bond donors (Lipinski definition) is 1. The maximum Gasteiger partial charge on any atom is 0.344 e. The van der Waals surface area contributed by atoms with Gasteiger partial charge in [-0.3, -0.25) is 4.79 Å². The number of hydrogen-bond acceptors (Lipinski definition) is 3. The van der Waals surface area contributed by atoms with Crippen LogP contribution in [0.2, 0.25) is 0 Å². The Morgan fingerprint density at radius 2 is 1.86 bits per heavy atom. The second-order valence-electron chi connectivity index (χ2n) is 4.50. The topological polar surface area (TPSA) is 73.3 Å². The minimum Gasteiger partial charge on any atom is -0.462 e. The molecule has 5 heteroatoms. The van der Waals surface area contributed by atoms with Crippen molar-refractivity contribution in [1.82, 2.24) is 0 Å². The van der Waals surface area contributed by atoms with E-state index in [1.54, 1.807) is 23.8 Å². The zero-order chi connectivity index (χ0) is 15.2. The first kappa shape index (κ1) is 14.7. The van der Waals surface area contributed by atoms with Crippen molar-refractivity contribution in [2.24, 2.45) is 5.73 Å². The molecular formula is C16H17N2O3+. The van der Waals surface area contributed by atoms with Gasteiger partial charge < -0.3 is 10.5 Å². The Labute approximate surface area is 123 Å². The van der Waals surface area contributed by atoms with Crippen molar-refractivity contribution in [1.29, 1.82) is 0 Å². The number of ether oxygens (including phenoxy) is 1. The smallest absolute Gasteiger partial charge is 0.344 e. The first-order valence-corrected chi connectivity index (χ1v) is 6.66. The first-order valence-electron chi connectivity index (χ1n) is 6.66. The number of carbonyl (C=O) groups is 2. The summed E-state index contributed by atoms with van der Waals surface area (Å²) in [5.74, 6) is -0.961. The zero-order valence-corrected chi connectivity index (χ0v) is 11.8. The summed E-state index contributed by atoms with van der Waals surface area (Å²) in [6, 6.07) is 12.7. The Hall–Kier alpha value is -2.69. The van der Waals surface area contributed by atoms with E-state index in [2.05, 4.69) is 0 Å². The van der Waals surface area contributed by atoms with Crippen LogP contribution in [0.1, 0.15) is 33.3 Å². The largest absolute Gasteiger partial charge is 0.462 e. The average Bonchev–Trinajstić information content (AvgIpc) is 2.48. The number of primary amides is 1. The number of benzene rings is 1. The average molecular weight is 285 g/mol. The van der Waals surface area contributed by atoms with E-state index in [1.165, 1.54) is 6.07 Å². The molecule has 0 bridgehead atoms. The van der Waals surface area contributed by atoms with Crippen molar-refractivity contribution >= 4 is 11.9 Å². The molecular weight excluding hydrogens is 268 g/mol. The number of carbonyl (C=O) groups excluding carboxylic acids is 2. The van der Waals surface area contributed by atoms with Crippen LogP contribution in [0.15, 0.2) is 48.7 Å². The molecule has 21 heavy (non-hydrogen) atoms. The standard InChI is InChI=1S/C16H16N2O3/c1-2-21-16(20)13-8-9-14(15(17)19)18(11-13)10-12-6-4-3-5-7-12/h3-9,11H,2,10H2,1H3,(H-,17,19)/p+1. The molecule has 1 aromatic heterocycles. The molecule has 108 valence electrons. The third kappa shape index (κ3) is 3.66. The Morgan fingerprint density at radius 1 is 1.14 bits per heavy atom. The lowest BCUT2D eigenvalue weighted by Crippen LogP contribution is -2.43. The fourth-order valence-corrected chi connectivity index (χ4v) is 2.01. The van der Waals surface area contributed by atoms with E-state index in [-0.39, 0.29) is 0 Å². The predicted molar refractivity (Wildman–Crippen MR) is 76.7 cm³/mol. The van der Waals surface area contributed by atoms with Gasteiger partial charge in [-0.25, -0.2) is 4.79 Å². The van der Waals surface area contributed by atoms with Gasteiger partial charge in [0, 0.05) is 11.6 Å². The van der Waals surface area contributed by atoms with Gasteiger partial charge in [0.15, 0.2) is 12.7 Å². The number of nitrogens with two attached hydrogens (primary N) is 1. The minimum atomic E-state index is -0.540. The van der Waals surface area contributed by atoms with Crippen molar-refractivity contribution in [3.8, 4) is 0 Å². The van der Waals surface area contributed by atoms with Crippen LogP contribution in [0.25, 0.3) is 0 Å². The highest BCUT2D eigenvalue weighted by Gasteiger charge is 2.20. The molecule has 2 aromatic rings. The van der Waals surface area contributed by atoms with Gasteiger partial charge in [-0.2, -0.15) is 4.57 Å². The van der Waals surface area contributed by atoms with Crippen molar-refractivity contribution in [2.45, 2.75) is 13.5 Å². The molecule has 0 radical (unpaired) electrons. The second kappa shape index (κ2) is 6.65. The SMILES string of the molecule is CCOC(=O)c1ccc(C(N)=O)[n+](Cc2ccccc2)c1. The van der Waals surface area contributed by atoms with E-state index in [1.807, 2.05) is 30.3 Å². The maximum absolute atomic E-state index is 11.8. The minimum absolute atomic E-state index is 0.301. The van der Waals surface area contributed by atoms with Gasteiger partial charge in [-0.1, -0.05) is 30.3 Å². The van der Waals surface area contributed by atoms with E-state index in [9.17, 15) is 9.59 Å². The summed E-state index contributed by atoms with van der Waals surface area (Å²) < 4.78 is 6.62. The van der Waals surface area contributed by atoms with Crippen LogP contribution < -0.4 is 10.3 Å². The molecule has 0 aliphatic heterocycles. The van der Waals surface area contributed by atoms with Gasteiger partial charge in [-0.15, -0.1) is 0 Å². The number of esters is 1. The molecule has 5 nitrogen and oxygen atoms in total. The Kier molecular flexibility index (Phi) is 4.66. The van der Waals surface area contributed by atoms with Crippen LogP contribution in [-0.2, 0) is 11.3 Å². The lowest BCUT2D eigenvalue weighted by molar-refractivity contribution is -0.690. The number of amides is 1. The molecule has 0 saturated carbocycles. The fraction of sp³-hybridized carbons (Fsp3) is 0.188. The molecule has 0 aliphatic rings. The van der Waals surface area contributed by atoms with Crippen LogP contribution >= 0.6 is 0 Å². The van der Waals surface area contributed by atoms with Crippen LogP contribution in [-0.4, -0.2) is 18.5 Å². The molecule has 2 N–H and O–H groups in total. The highest BCUT2D eigenvalue weighted by molar-refractivity contribution is 5.91. The quantitative estimate of drug-likeness (QED) is 0.664. The summed E-state index contributed by atoms with van der Waals surface area (Å²) in [6.07, 6.45) is 1.59. The lowest BCUT2D eigenvalue weighted by atomic mass is 10.2. The summed E-state index contributed by atoms with van der Waals surface area (Å²) in [5, 5.41) is 0. The summed E-state index contributed by atoms with van der Waals surface area (Å²) in [4.78, 5) is 23.3. The number of nitrogens with zero attached hydrogens (tertiary/aromatic N) is 1. The molecule has 0 aliphatic carbocycles. The molecule has 0 atom stereocenters. The molecule has 1 amide bonds. The fourth-order valence-electron chi connectivity index (χ4n) is 2.01. The van der Waals surface area contributed by atoms with E-state index in [4.69, 9.17) is 10.5 Å². The van der Waals surface area contributed by atoms with Crippen molar-refractivity contribution < 1.29 is 18.9 Å². The molecule has 1 aromatic carbocycles. The van der Waals surface area contributed by atoms with Crippen LogP contribution in [0.3, 0.4) is 0 Å². The third-order valence-electron chi connectivity index (χ3n) is 2.98. The number of aromatic nitrogens is 1. The van der Waals surface area contributed by atoms with E-state index in [0.29, 0.717) is 24.4 Å². The second-order valence-corrected chi connectivity index (χ2v) is 4.50. The molecule has 0 unspecified atom stereocenters. The lowest BCUT2D eigenvalue weighted by Gasteiger charge is -2.05. The molecule has 1 heterocycles. The van der Waals surface area contributed by atoms with E-state index >= 15 is 0 Å². The van der Waals surface area contributed by atoms with Crippen molar-refractivity contribution in [3.63, 3.8) is 0 Å². The first-order chi connectivity index (χ1) is 10.1. The summed E-state index contributed by atoms with van der Waals surface area (Å²) >= 11 is 0. The Morgan fingerprint density at radius 3 is 2.48 bits per heavy atom.